The van der Waals surface area contributed by atoms with E-state index in [0.717, 1.165) is 24.9 Å². The number of benzene rings is 1. The highest BCUT2D eigenvalue weighted by Crippen LogP contribution is 2.32. The van der Waals surface area contributed by atoms with Gasteiger partial charge in [-0.3, -0.25) is 9.36 Å². The van der Waals surface area contributed by atoms with Gasteiger partial charge in [0.15, 0.2) is 11.2 Å². The first-order valence-electron chi connectivity index (χ1n) is 9.35. The second kappa shape index (κ2) is 6.27. The van der Waals surface area contributed by atoms with Crippen LogP contribution in [0.1, 0.15) is 57.6 Å². The van der Waals surface area contributed by atoms with Gasteiger partial charge in [0.2, 0.25) is 0 Å². The molecule has 4 rings (SSSR count). The van der Waals surface area contributed by atoms with Gasteiger partial charge >= 0.3 is 5.69 Å². The molecule has 0 bridgehead atoms. The maximum atomic E-state index is 13.1. The molecule has 0 radical (unpaired) electrons. The molecule has 0 amide bonds. The highest BCUT2D eigenvalue weighted by molar-refractivity contribution is 5.72. The van der Waals surface area contributed by atoms with Crippen molar-refractivity contribution in [2.24, 2.45) is 0 Å². The lowest BCUT2D eigenvalue weighted by atomic mass is 10.0. The molecule has 0 atom stereocenters. The molecule has 0 saturated heterocycles. The first-order chi connectivity index (χ1) is 12.5. The highest BCUT2D eigenvalue weighted by atomic mass is 16.2. The average molecular weight is 352 g/mol. The largest absolute Gasteiger partial charge is 0.337 e. The molecule has 1 aromatic carbocycles. The minimum Gasteiger partial charge on any atom is -0.325 e. The highest BCUT2D eigenvalue weighted by Gasteiger charge is 2.30. The smallest absolute Gasteiger partial charge is 0.325 e. The van der Waals surface area contributed by atoms with Crippen LogP contribution < -0.4 is 11.2 Å². The number of nitrogens with zero attached hydrogens (tertiary/aromatic N) is 4. The Labute approximate surface area is 151 Å². The van der Waals surface area contributed by atoms with E-state index < -0.39 is 0 Å². The summed E-state index contributed by atoms with van der Waals surface area (Å²) in [6.45, 7) is 7.05. The van der Waals surface area contributed by atoms with Crippen molar-refractivity contribution in [3.8, 4) is 5.69 Å². The molecular formula is C20H24N4O2. The first kappa shape index (κ1) is 16.8. The Morgan fingerprint density at radius 1 is 1.15 bits per heavy atom. The van der Waals surface area contributed by atoms with Crippen molar-refractivity contribution >= 4 is 11.2 Å². The predicted octanol–water partition coefficient (Wildman–Crippen LogP) is 3.22. The Morgan fingerprint density at radius 3 is 2.42 bits per heavy atom. The molecule has 2 aromatic heterocycles. The van der Waals surface area contributed by atoms with Crippen LogP contribution in [0.5, 0.6) is 0 Å². The van der Waals surface area contributed by atoms with Gasteiger partial charge in [-0.2, -0.15) is 0 Å². The fourth-order valence-electron chi connectivity index (χ4n) is 3.46. The van der Waals surface area contributed by atoms with Crippen LogP contribution in [0, 0.1) is 0 Å². The van der Waals surface area contributed by atoms with Crippen molar-refractivity contribution < 1.29 is 0 Å². The third-order valence-corrected chi connectivity index (χ3v) is 5.04. The number of imidazole rings is 1. The minimum absolute atomic E-state index is 0.0190. The van der Waals surface area contributed by atoms with Crippen molar-refractivity contribution in [1.29, 1.82) is 0 Å². The molecule has 1 saturated carbocycles. The molecule has 6 nitrogen and oxygen atoms in total. The summed E-state index contributed by atoms with van der Waals surface area (Å²) in [5.74, 6) is 0.421. The standard InChI is InChI=1S/C20H24N4O2/c1-4-11-22-12-21-18-17(22)19(25)24(16-9-10-16)20(26)23(18)15-7-5-14(6-8-15)13(2)3/h5-8,12-13,16H,4,9-11H2,1-3H3. The van der Waals surface area contributed by atoms with E-state index in [0.29, 0.717) is 23.6 Å². The number of fused-ring (bicyclic) bond motifs is 1. The Kier molecular flexibility index (Phi) is 4.05. The molecule has 1 fully saturated rings. The number of rotatable bonds is 5. The molecule has 0 spiro atoms. The van der Waals surface area contributed by atoms with E-state index in [2.05, 4.69) is 25.8 Å². The van der Waals surface area contributed by atoms with Crippen molar-refractivity contribution in [1.82, 2.24) is 18.7 Å². The monoisotopic (exact) mass is 352 g/mol. The van der Waals surface area contributed by atoms with Crippen LogP contribution in [-0.4, -0.2) is 18.7 Å². The van der Waals surface area contributed by atoms with Crippen LogP contribution in [0.25, 0.3) is 16.9 Å². The summed E-state index contributed by atoms with van der Waals surface area (Å²) in [5.41, 5.74) is 2.43. The van der Waals surface area contributed by atoms with Gasteiger partial charge in [0.1, 0.15) is 0 Å². The summed E-state index contributed by atoms with van der Waals surface area (Å²) in [7, 11) is 0. The van der Waals surface area contributed by atoms with Gasteiger partial charge in [-0.1, -0.05) is 32.9 Å². The molecule has 3 aromatic rings. The Morgan fingerprint density at radius 2 is 1.85 bits per heavy atom. The van der Waals surface area contributed by atoms with Gasteiger partial charge in [0.25, 0.3) is 5.56 Å². The second-order valence-electron chi connectivity index (χ2n) is 7.38. The van der Waals surface area contributed by atoms with Gasteiger partial charge in [-0.25, -0.2) is 14.3 Å². The zero-order chi connectivity index (χ0) is 18.4. The van der Waals surface area contributed by atoms with E-state index in [1.807, 2.05) is 28.8 Å². The first-order valence-corrected chi connectivity index (χ1v) is 9.35. The van der Waals surface area contributed by atoms with Gasteiger partial charge in [0, 0.05) is 12.6 Å². The molecule has 0 N–H and O–H groups in total. The second-order valence-corrected chi connectivity index (χ2v) is 7.38. The fourth-order valence-corrected chi connectivity index (χ4v) is 3.46. The van der Waals surface area contributed by atoms with Crippen LogP contribution in [0.15, 0.2) is 40.2 Å². The van der Waals surface area contributed by atoms with Gasteiger partial charge in [0.05, 0.1) is 12.0 Å². The predicted molar refractivity (Wildman–Crippen MR) is 102 cm³/mol. The Hall–Kier alpha value is -2.63. The van der Waals surface area contributed by atoms with E-state index in [1.165, 1.54) is 10.1 Å². The summed E-state index contributed by atoms with van der Waals surface area (Å²) in [5, 5.41) is 0. The summed E-state index contributed by atoms with van der Waals surface area (Å²) >= 11 is 0. The summed E-state index contributed by atoms with van der Waals surface area (Å²) in [6.07, 6.45) is 4.34. The van der Waals surface area contributed by atoms with Crippen LogP contribution >= 0.6 is 0 Å². The molecule has 0 aliphatic heterocycles. The maximum absolute atomic E-state index is 13.1. The molecule has 2 heterocycles. The van der Waals surface area contributed by atoms with Crippen molar-refractivity contribution in [3.05, 3.63) is 57.0 Å². The Balaban J connectivity index is 2.02. The van der Waals surface area contributed by atoms with E-state index in [-0.39, 0.29) is 17.3 Å². The summed E-state index contributed by atoms with van der Waals surface area (Å²) in [6, 6.07) is 7.97. The fraction of sp³-hybridized carbons (Fsp3) is 0.450. The maximum Gasteiger partial charge on any atom is 0.337 e. The molecule has 136 valence electrons. The lowest BCUT2D eigenvalue weighted by Gasteiger charge is -2.13. The van der Waals surface area contributed by atoms with Crippen LogP contribution in [0.3, 0.4) is 0 Å². The number of aromatic nitrogens is 4. The van der Waals surface area contributed by atoms with E-state index >= 15 is 0 Å². The lowest BCUT2D eigenvalue weighted by Crippen LogP contribution is -2.39. The van der Waals surface area contributed by atoms with E-state index in [9.17, 15) is 9.59 Å². The molecular weight excluding hydrogens is 328 g/mol. The van der Waals surface area contributed by atoms with Crippen LogP contribution in [-0.2, 0) is 6.54 Å². The van der Waals surface area contributed by atoms with Gasteiger partial charge in [-0.15, -0.1) is 0 Å². The van der Waals surface area contributed by atoms with Crippen LogP contribution in [0.4, 0.5) is 0 Å². The molecule has 1 aliphatic carbocycles. The molecule has 0 unspecified atom stereocenters. The van der Waals surface area contributed by atoms with E-state index in [1.54, 1.807) is 10.9 Å². The molecule has 1 aliphatic rings. The van der Waals surface area contributed by atoms with Crippen molar-refractivity contribution in [3.63, 3.8) is 0 Å². The van der Waals surface area contributed by atoms with Crippen molar-refractivity contribution in [2.75, 3.05) is 0 Å². The summed E-state index contributed by atoms with van der Waals surface area (Å²) < 4.78 is 4.88. The molecule has 6 heteroatoms. The third kappa shape index (κ3) is 2.60. The van der Waals surface area contributed by atoms with Crippen LogP contribution in [0.2, 0.25) is 0 Å². The topological polar surface area (TPSA) is 61.8 Å². The van der Waals surface area contributed by atoms with Gasteiger partial charge in [-0.05, 0) is 42.9 Å². The summed E-state index contributed by atoms with van der Waals surface area (Å²) in [4.78, 5) is 30.6. The number of hydrogen-bond donors (Lipinski definition) is 0. The average Bonchev–Trinajstić information content (AvgIpc) is 3.36. The zero-order valence-corrected chi connectivity index (χ0v) is 15.5. The zero-order valence-electron chi connectivity index (χ0n) is 15.5. The van der Waals surface area contributed by atoms with Gasteiger partial charge < -0.3 is 4.57 Å². The third-order valence-electron chi connectivity index (χ3n) is 5.04. The minimum atomic E-state index is -0.288. The lowest BCUT2D eigenvalue weighted by molar-refractivity contribution is 0.633. The van der Waals surface area contributed by atoms with E-state index in [4.69, 9.17) is 0 Å². The molecule has 26 heavy (non-hydrogen) atoms. The quantitative estimate of drug-likeness (QED) is 0.708. The van der Waals surface area contributed by atoms with Crippen molar-refractivity contribution in [2.45, 2.75) is 58.5 Å². The number of hydrogen-bond acceptors (Lipinski definition) is 3. The Bertz CT molecular complexity index is 1070. The normalized spacial score (nSPS) is 14.5. The SMILES string of the molecule is CCCn1cnc2c1c(=O)n(C1CC1)c(=O)n2-c1ccc(C(C)C)cc1. The number of aryl methyl sites for hydroxylation is 1.